The molecule has 0 radical (unpaired) electrons. The molecule has 0 aliphatic heterocycles. The Labute approximate surface area is 146 Å². The van der Waals surface area contributed by atoms with Gasteiger partial charge in [0.2, 0.25) is 0 Å². The number of ether oxygens (including phenoxy) is 2. The fourth-order valence-corrected chi connectivity index (χ4v) is 1.91. The second-order valence-electron chi connectivity index (χ2n) is 5.19. The van der Waals surface area contributed by atoms with Gasteiger partial charge in [-0.3, -0.25) is 4.79 Å². The zero-order valence-corrected chi connectivity index (χ0v) is 14.4. The molecule has 132 valence electrons. The summed E-state index contributed by atoms with van der Waals surface area (Å²) >= 11 is 0. The van der Waals surface area contributed by atoms with Gasteiger partial charge in [-0.15, -0.1) is 0 Å². The van der Waals surface area contributed by atoms with E-state index < -0.39 is 18.0 Å². The predicted octanol–water partition coefficient (Wildman–Crippen LogP) is 1.79. The summed E-state index contributed by atoms with van der Waals surface area (Å²) in [5.74, 6) is -1.48. The number of nitriles is 1. The Balaban J connectivity index is 2.58. The van der Waals surface area contributed by atoms with Crippen molar-refractivity contribution in [1.29, 1.82) is 5.26 Å². The molecule has 7 heteroatoms. The topological polar surface area (TPSA) is 96.7 Å². The first-order valence-corrected chi connectivity index (χ1v) is 7.58. The molecule has 0 saturated heterocycles. The molecular weight excluding hydrogens is 324 g/mol. The van der Waals surface area contributed by atoms with Crippen LogP contribution in [-0.2, 0) is 19.1 Å². The monoisotopic (exact) mass is 344 g/mol. The molecule has 0 spiro atoms. The summed E-state index contributed by atoms with van der Waals surface area (Å²) in [4.78, 5) is 36.4. The molecule has 0 aliphatic rings. The number of carbonyl (C=O) groups excluding carboxylic acids is 3. The van der Waals surface area contributed by atoms with Gasteiger partial charge >= 0.3 is 11.9 Å². The molecule has 0 N–H and O–H groups in total. The number of rotatable bonds is 7. The number of carbonyl (C=O) groups is 3. The molecule has 0 bridgehead atoms. The minimum atomic E-state index is -0.942. The summed E-state index contributed by atoms with van der Waals surface area (Å²) in [6.45, 7) is 1.75. The van der Waals surface area contributed by atoms with E-state index in [9.17, 15) is 14.4 Å². The van der Waals surface area contributed by atoms with Crippen LogP contribution < -0.4 is 0 Å². The summed E-state index contributed by atoms with van der Waals surface area (Å²) in [5.41, 5.74) is 1.09. The molecule has 7 nitrogen and oxygen atoms in total. The van der Waals surface area contributed by atoms with Crippen LogP contribution >= 0.6 is 0 Å². The summed E-state index contributed by atoms with van der Waals surface area (Å²) in [5, 5.41) is 8.51. The van der Waals surface area contributed by atoms with Crippen molar-refractivity contribution in [2.24, 2.45) is 0 Å². The Hall–Kier alpha value is -3.14. The van der Waals surface area contributed by atoms with Crippen molar-refractivity contribution < 1.29 is 23.9 Å². The minimum Gasteiger partial charge on any atom is -0.465 e. The van der Waals surface area contributed by atoms with Gasteiger partial charge in [0.25, 0.3) is 5.91 Å². The fraction of sp³-hybridized carbons (Fsp3) is 0.333. The van der Waals surface area contributed by atoms with Crippen LogP contribution in [0.5, 0.6) is 0 Å². The zero-order chi connectivity index (χ0) is 18.8. The summed E-state index contributed by atoms with van der Waals surface area (Å²) in [6, 6.07) is 8.40. The third-order valence-electron chi connectivity index (χ3n) is 3.32. The van der Waals surface area contributed by atoms with Gasteiger partial charge in [0, 0.05) is 19.7 Å². The molecule has 1 rings (SSSR count). The number of nitrogens with zero attached hydrogens (tertiary/aromatic N) is 2. The molecule has 25 heavy (non-hydrogen) atoms. The first-order valence-electron chi connectivity index (χ1n) is 7.58. The quantitative estimate of drug-likeness (QED) is 0.552. The highest BCUT2D eigenvalue weighted by molar-refractivity contribution is 5.91. The first-order chi connectivity index (χ1) is 11.9. The summed E-state index contributed by atoms with van der Waals surface area (Å²) < 4.78 is 9.64. The fourth-order valence-electron chi connectivity index (χ4n) is 1.91. The lowest BCUT2D eigenvalue weighted by Gasteiger charge is -2.19. The highest BCUT2D eigenvalue weighted by Gasteiger charge is 2.20. The Bertz CT molecular complexity index is 688. The Morgan fingerprint density at radius 1 is 1.28 bits per heavy atom. The SMILES string of the molecule is COC(=O)c1ccc(/C=C/C(=O)O[C@H](C)C(=O)N(C)CCC#N)cc1. The van der Waals surface area contributed by atoms with E-state index in [1.807, 2.05) is 6.07 Å². The van der Waals surface area contributed by atoms with E-state index in [4.69, 9.17) is 10.00 Å². The molecule has 0 aromatic heterocycles. The smallest absolute Gasteiger partial charge is 0.337 e. The maximum atomic E-state index is 12.0. The number of likely N-dealkylation sites (N-methyl/N-ethyl adjacent to an activating group) is 1. The van der Waals surface area contributed by atoms with Gasteiger partial charge < -0.3 is 14.4 Å². The van der Waals surface area contributed by atoms with Gasteiger partial charge in [0.15, 0.2) is 6.10 Å². The summed E-state index contributed by atoms with van der Waals surface area (Å²) in [6.07, 6.45) is 1.99. The maximum absolute atomic E-state index is 12.0. The molecule has 1 aromatic rings. The number of methoxy groups -OCH3 is 1. The van der Waals surface area contributed by atoms with Crippen LogP contribution in [0.25, 0.3) is 6.08 Å². The van der Waals surface area contributed by atoms with Crippen molar-refractivity contribution in [2.45, 2.75) is 19.4 Å². The lowest BCUT2D eigenvalue weighted by molar-refractivity contribution is -0.154. The third kappa shape index (κ3) is 6.47. The maximum Gasteiger partial charge on any atom is 0.337 e. The molecule has 0 unspecified atom stereocenters. The average molecular weight is 344 g/mol. The van der Waals surface area contributed by atoms with Crippen LogP contribution in [-0.4, -0.2) is 49.6 Å². The van der Waals surface area contributed by atoms with Gasteiger partial charge in [-0.2, -0.15) is 5.26 Å². The second-order valence-corrected chi connectivity index (χ2v) is 5.19. The molecule has 1 atom stereocenters. The van der Waals surface area contributed by atoms with Gasteiger partial charge in [-0.1, -0.05) is 12.1 Å². The number of hydrogen-bond acceptors (Lipinski definition) is 6. The van der Waals surface area contributed by atoms with Gasteiger partial charge in [-0.05, 0) is 30.7 Å². The zero-order valence-electron chi connectivity index (χ0n) is 14.4. The van der Waals surface area contributed by atoms with Crippen LogP contribution in [0.4, 0.5) is 0 Å². The molecule has 1 aromatic carbocycles. The molecular formula is C18H20N2O5. The van der Waals surface area contributed by atoms with E-state index in [0.717, 1.165) is 0 Å². The first kappa shape index (κ1) is 19.9. The van der Waals surface area contributed by atoms with Crippen molar-refractivity contribution in [3.63, 3.8) is 0 Å². The molecule has 0 fully saturated rings. The normalized spacial score (nSPS) is 11.4. The number of benzene rings is 1. The van der Waals surface area contributed by atoms with Crippen LogP contribution in [0.15, 0.2) is 30.3 Å². The molecule has 0 saturated carbocycles. The lowest BCUT2D eigenvalue weighted by Crippen LogP contribution is -2.37. The van der Waals surface area contributed by atoms with Crippen LogP contribution in [0.3, 0.4) is 0 Å². The van der Waals surface area contributed by atoms with Crippen molar-refractivity contribution in [1.82, 2.24) is 4.90 Å². The summed E-state index contributed by atoms with van der Waals surface area (Å²) in [7, 11) is 2.84. The lowest BCUT2D eigenvalue weighted by atomic mass is 10.1. The van der Waals surface area contributed by atoms with Gasteiger partial charge in [0.05, 0.1) is 25.2 Å². The molecule has 0 heterocycles. The van der Waals surface area contributed by atoms with Crippen molar-refractivity contribution in [3.05, 3.63) is 41.5 Å². The van der Waals surface area contributed by atoms with Crippen LogP contribution in [0, 0.1) is 11.3 Å². The minimum absolute atomic E-state index is 0.213. The predicted molar refractivity (Wildman–Crippen MR) is 90.2 cm³/mol. The van der Waals surface area contributed by atoms with E-state index in [-0.39, 0.29) is 18.9 Å². The van der Waals surface area contributed by atoms with Crippen molar-refractivity contribution in [2.75, 3.05) is 20.7 Å². The van der Waals surface area contributed by atoms with Gasteiger partial charge in [0.1, 0.15) is 0 Å². The number of hydrogen-bond donors (Lipinski definition) is 0. The van der Waals surface area contributed by atoms with E-state index in [1.165, 1.54) is 31.1 Å². The van der Waals surface area contributed by atoms with E-state index in [2.05, 4.69) is 4.74 Å². The van der Waals surface area contributed by atoms with E-state index in [0.29, 0.717) is 11.1 Å². The average Bonchev–Trinajstić information content (AvgIpc) is 2.63. The highest BCUT2D eigenvalue weighted by Crippen LogP contribution is 2.08. The largest absolute Gasteiger partial charge is 0.465 e. The van der Waals surface area contributed by atoms with E-state index >= 15 is 0 Å². The third-order valence-corrected chi connectivity index (χ3v) is 3.32. The number of esters is 2. The van der Waals surface area contributed by atoms with E-state index in [1.54, 1.807) is 31.3 Å². The van der Waals surface area contributed by atoms with Crippen LogP contribution in [0.2, 0.25) is 0 Å². The van der Waals surface area contributed by atoms with Crippen LogP contribution in [0.1, 0.15) is 29.3 Å². The Kier molecular flexibility index (Phi) is 7.87. The van der Waals surface area contributed by atoms with Crippen molar-refractivity contribution in [3.8, 4) is 6.07 Å². The molecule has 0 aliphatic carbocycles. The Morgan fingerprint density at radius 3 is 2.48 bits per heavy atom. The second kappa shape index (κ2) is 9.88. The van der Waals surface area contributed by atoms with Gasteiger partial charge in [-0.25, -0.2) is 9.59 Å². The molecule has 1 amide bonds. The standard InChI is InChI=1S/C18H20N2O5/c1-13(17(22)20(2)12-4-11-19)25-16(21)10-7-14-5-8-15(9-6-14)18(23)24-3/h5-10,13H,4,12H2,1-3H3/b10-7+/t13-/m1/s1. The Morgan fingerprint density at radius 2 is 1.92 bits per heavy atom. The van der Waals surface area contributed by atoms with Crippen molar-refractivity contribution >= 4 is 23.9 Å². The number of amides is 1. The highest BCUT2D eigenvalue weighted by atomic mass is 16.5.